The first-order valence-electron chi connectivity index (χ1n) is 8.85. The lowest BCUT2D eigenvalue weighted by Crippen LogP contribution is -2.39. The van der Waals surface area contributed by atoms with E-state index in [1.165, 1.54) is 11.3 Å². The number of carbonyl (C=O) groups is 1. The SMILES string of the molecule is COCC1CCN(C(=O)c2csc3c(O)nc(-c4ccccn4)nc23)CC1. The van der Waals surface area contributed by atoms with E-state index >= 15 is 0 Å². The molecule has 140 valence electrons. The highest BCUT2D eigenvalue weighted by Gasteiger charge is 2.27. The molecular formula is C19H20N4O3S. The van der Waals surface area contributed by atoms with Crippen molar-refractivity contribution in [1.82, 2.24) is 19.9 Å². The van der Waals surface area contributed by atoms with Crippen LogP contribution in [0.4, 0.5) is 0 Å². The van der Waals surface area contributed by atoms with Gasteiger partial charge in [-0.1, -0.05) is 6.07 Å². The normalized spacial score (nSPS) is 15.4. The van der Waals surface area contributed by atoms with Gasteiger partial charge >= 0.3 is 0 Å². The van der Waals surface area contributed by atoms with E-state index in [9.17, 15) is 9.90 Å². The number of methoxy groups -OCH3 is 1. The first kappa shape index (κ1) is 17.8. The number of aromatic hydroxyl groups is 1. The second-order valence-corrected chi connectivity index (χ2v) is 7.48. The summed E-state index contributed by atoms with van der Waals surface area (Å²) in [7, 11) is 1.71. The molecule has 0 aromatic carbocycles. The predicted molar refractivity (Wildman–Crippen MR) is 103 cm³/mol. The van der Waals surface area contributed by atoms with E-state index in [0.717, 1.165) is 19.4 Å². The van der Waals surface area contributed by atoms with Crippen molar-refractivity contribution < 1.29 is 14.6 Å². The van der Waals surface area contributed by atoms with E-state index in [4.69, 9.17) is 4.74 Å². The molecule has 3 aromatic heterocycles. The van der Waals surface area contributed by atoms with Gasteiger partial charge in [-0.15, -0.1) is 11.3 Å². The van der Waals surface area contributed by atoms with Gasteiger partial charge < -0.3 is 14.7 Å². The van der Waals surface area contributed by atoms with Gasteiger partial charge in [-0.3, -0.25) is 9.78 Å². The van der Waals surface area contributed by atoms with Crippen LogP contribution < -0.4 is 0 Å². The lowest BCUT2D eigenvalue weighted by Gasteiger charge is -2.31. The number of likely N-dealkylation sites (tertiary alicyclic amines) is 1. The van der Waals surface area contributed by atoms with Crippen molar-refractivity contribution >= 4 is 27.5 Å². The topological polar surface area (TPSA) is 88.4 Å². The quantitative estimate of drug-likeness (QED) is 0.744. The van der Waals surface area contributed by atoms with Crippen LogP contribution in [-0.2, 0) is 4.74 Å². The summed E-state index contributed by atoms with van der Waals surface area (Å²) in [5, 5.41) is 12.1. The van der Waals surface area contributed by atoms with Crippen LogP contribution in [0.2, 0.25) is 0 Å². The maximum atomic E-state index is 13.0. The number of carbonyl (C=O) groups excluding carboxylic acids is 1. The van der Waals surface area contributed by atoms with Crippen molar-refractivity contribution in [2.45, 2.75) is 12.8 Å². The molecule has 7 nitrogen and oxygen atoms in total. The molecule has 0 aliphatic carbocycles. The van der Waals surface area contributed by atoms with Crippen LogP contribution in [-0.4, -0.2) is 57.7 Å². The molecule has 0 atom stereocenters. The Balaban J connectivity index is 1.64. The molecule has 1 fully saturated rings. The van der Waals surface area contributed by atoms with Crippen molar-refractivity contribution in [2.24, 2.45) is 5.92 Å². The van der Waals surface area contributed by atoms with Crippen molar-refractivity contribution in [1.29, 1.82) is 0 Å². The molecule has 1 N–H and O–H groups in total. The fourth-order valence-corrected chi connectivity index (χ4v) is 4.24. The number of pyridine rings is 1. The summed E-state index contributed by atoms with van der Waals surface area (Å²) in [6.07, 6.45) is 3.51. The summed E-state index contributed by atoms with van der Waals surface area (Å²) in [6.45, 7) is 2.14. The van der Waals surface area contributed by atoms with Gasteiger partial charge in [0.1, 0.15) is 15.9 Å². The lowest BCUT2D eigenvalue weighted by atomic mass is 9.97. The summed E-state index contributed by atoms with van der Waals surface area (Å²) >= 11 is 1.28. The zero-order valence-electron chi connectivity index (χ0n) is 15.0. The average Bonchev–Trinajstić information content (AvgIpc) is 3.13. The molecule has 1 amide bonds. The van der Waals surface area contributed by atoms with E-state index < -0.39 is 0 Å². The van der Waals surface area contributed by atoms with Crippen LogP contribution in [0, 0.1) is 5.92 Å². The highest BCUT2D eigenvalue weighted by Crippen LogP contribution is 2.33. The lowest BCUT2D eigenvalue weighted by molar-refractivity contribution is 0.0615. The van der Waals surface area contributed by atoms with E-state index in [1.807, 2.05) is 11.0 Å². The van der Waals surface area contributed by atoms with Crippen LogP contribution in [0.3, 0.4) is 0 Å². The molecule has 0 saturated carbocycles. The Bertz CT molecular complexity index is 952. The highest BCUT2D eigenvalue weighted by molar-refractivity contribution is 7.17. The number of nitrogens with zero attached hydrogens (tertiary/aromatic N) is 4. The minimum Gasteiger partial charge on any atom is -0.492 e. The molecule has 1 saturated heterocycles. The van der Waals surface area contributed by atoms with E-state index in [1.54, 1.807) is 30.8 Å². The smallest absolute Gasteiger partial charge is 0.256 e. The van der Waals surface area contributed by atoms with Crippen LogP contribution >= 0.6 is 11.3 Å². The first-order chi connectivity index (χ1) is 13.2. The standard InChI is InChI=1S/C19H20N4O3S/c1-26-10-12-5-8-23(9-6-12)19(25)13-11-27-16-15(13)21-17(22-18(16)24)14-4-2-3-7-20-14/h2-4,7,11-12H,5-6,8-10H2,1H3,(H,21,22,24). The van der Waals surface area contributed by atoms with Gasteiger partial charge in [0.25, 0.3) is 5.91 Å². The number of fused-ring (bicyclic) bond motifs is 1. The average molecular weight is 384 g/mol. The number of ether oxygens (including phenoxy) is 1. The zero-order chi connectivity index (χ0) is 18.8. The molecular weight excluding hydrogens is 364 g/mol. The molecule has 1 aliphatic rings. The van der Waals surface area contributed by atoms with Gasteiger partial charge in [0, 0.05) is 38.4 Å². The third-order valence-electron chi connectivity index (χ3n) is 4.83. The Hall–Kier alpha value is -2.58. The number of hydrogen-bond donors (Lipinski definition) is 1. The second-order valence-electron chi connectivity index (χ2n) is 6.60. The van der Waals surface area contributed by atoms with Gasteiger partial charge in [-0.2, -0.15) is 4.98 Å². The monoisotopic (exact) mass is 384 g/mol. The maximum Gasteiger partial charge on any atom is 0.256 e. The van der Waals surface area contributed by atoms with Crippen molar-refractivity contribution in [3.63, 3.8) is 0 Å². The second kappa shape index (κ2) is 7.58. The Morgan fingerprint density at radius 2 is 2.15 bits per heavy atom. The third-order valence-corrected chi connectivity index (χ3v) is 5.79. The molecule has 27 heavy (non-hydrogen) atoms. The number of amides is 1. The summed E-state index contributed by atoms with van der Waals surface area (Å²) in [4.78, 5) is 27.8. The minimum absolute atomic E-state index is 0.0535. The van der Waals surface area contributed by atoms with Crippen LogP contribution in [0.15, 0.2) is 29.8 Å². The molecule has 0 spiro atoms. The molecule has 4 rings (SSSR count). The number of hydrogen-bond acceptors (Lipinski definition) is 7. The third kappa shape index (κ3) is 3.50. The van der Waals surface area contributed by atoms with Crippen LogP contribution in [0.25, 0.3) is 21.7 Å². The Morgan fingerprint density at radius 3 is 2.85 bits per heavy atom. The Morgan fingerprint density at radius 1 is 1.33 bits per heavy atom. The van der Waals surface area contributed by atoms with Crippen LogP contribution in [0.1, 0.15) is 23.2 Å². The molecule has 0 radical (unpaired) electrons. The Kier molecular flexibility index (Phi) is 5.00. The van der Waals surface area contributed by atoms with Gasteiger partial charge in [-0.25, -0.2) is 4.98 Å². The summed E-state index contributed by atoms with van der Waals surface area (Å²) in [5.74, 6) is 0.637. The summed E-state index contributed by atoms with van der Waals surface area (Å²) in [5.41, 5.74) is 1.55. The van der Waals surface area contributed by atoms with Crippen LogP contribution in [0.5, 0.6) is 5.88 Å². The zero-order valence-corrected chi connectivity index (χ0v) is 15.8. The Labute approximate surface area is 160 Å². The van der Waals surface area contributed by atoms with Gasteiger partial charge in [0.2, 0.25) is 5.88 Å². The fraction of sp³-hybridized carbons (Fsp3) is 0.368. The van der Waals surface area contributed by atoms with E-state index in [2.05, 4.69) is 15.0 Å². The van der Waals surface area contributed by atoms with Crippen molar-refractivity contribution in [3.05, 3.63) is 35.3 Å². The highest BCUT2D eigenvalue weighted by atomic mass is 32.1. The summed E-state index contributed by atoms with van der Waals surface area (Å²) in [6, 6.07) is 5.40. The largest absolute Gasteiger partial charge is 0.492 e. The van der Waals surface area contributed by atoms with Gasteiger partial charge in [0.15, 0.2) is 5.82 Å². The van der Waals surface area contributed by atoms with Crippen molar-refractivity contribution in [2.75, 3.05) is 26.8 Å². The molecule has 4 heterocycles. The minimum atomic E-state index is -0.122. The molecule has 3 aromatic rings. The predicted octanol–water partition coefficient (Wildman–Crippen LogP) is 2.96. The van der Waals surface area contributed by atoms with E-state index in [-0.39, 0.29) is 11.8 Å². The number of piperidine rings is 1. The molecule has 1 aliphatic heterocycles. The fourth-order valence-electron chi connectivity index (χ4n) is 3.37. The molecule has 8 heteroatoms. The summed E-state index contributed by atoms with van der Waals surface area (Å²) < 4.78 is 5.74. The van der Waals surface area contributed by atoms with Crippen molar-refractivity contribution in [3.8, 4) is 17.4 Å². The number of thiophene rings is 1. The van der Waals surface area contributed by atoms with Gasteiger partial charge in [-0.05, 0) is 30.9 Å². The first-order valence-corrected chi connectivity index (χ1v) is 9.73. The molecule has 0 bridgehead atoms. The van der Waals surface area contributed by atoms with E-state index in [0.29, 0.717) is 46.3 Å². The number of aromatic nitrogens is 3. The van der Waals surface area contributed by atoms with Gasteiger partial charge in [0.05, 0.1) is 5.56 Å². The molecule has 0 unspecified atom stereocenters. The number of rotatable bonds is 4. The maximum absolute atomic E-state index is 13.0.